The molecule has 0 radical (unpaired) electrons. The molecule has 4 heteroatoms. The summed E-state index contributed by atoms with van der Waals surface area (Å²) in [5.74, 6) is 0.216. The number of aromatic nitrogens is 2. The molecule has 2 heterocycles. The first-order valence-corrected chi connectivity index (χ1v) is 2.56. The number of nitrogens with zero attached hydrogens (tertiary/aromatic N) is 1. The van der Waals surface area contributed by atoms with Gasteiger partial charge >= 0.3 is 5.97 Å². The van der Waals surface area contributed by atoms with Crippen molar-refractivity contribution < 1.29 is 9.53 Å². The van der Waals surface area contributed by atoms with E-state index in [4.69, 9.17) is 0 Å². The Morgan fingerprint density at radius 3 is 2.89 bits per heavy atom. The molecule has 0 aromatic carbocycles. The molecule has 0 bridgehead atoms. The van der Waals surface area contributed by atoms with Gasteiger partial charge in [0.1, 0.15) is 5.56 Å². The summed E-state index contributed by atoms with van der Waals surface area (Å²) in [7, 11) is 0. The van der Waals surface area contributed by atoms with Crippen molar-refractivity contribution in [2.24, 2.45) is 0 Å². The summed E-state index contributed by atoms with van der Waals surface area (Å²) in [6.07, 6.45) is 0. The highest BCUT2D eigenvalue weighted by molar-refractivity contribution is 6.01. The SMILES string of the molecule is Cc1n[nH]c2c1C(=O)O2. The fourth-order valence-electron chi connectivity index (χ4n) is 0.822. The second kappa shape index (κ2) is 1.15. The van der Waals surface area contributed by atoms with Crippen LogP contribution >= 0.6 is 0 Å². The monoisotopic (exact) mass is 124 g/mol. The van der Waals surface area contributed by atoms with E-state index in [2.05, 4.69) is 14.9 Å². The molecule has 1 aliphatic rings. The van der Waals surface area contributed by atoms with Gasteiger partial charge < -0.3 is 4.74 Å². The third-order valence-electron chi connectivity index (χ3n) is 1.31. The first-order valence-electron chi connectivity index (χ1n) is 2.56. The maximum absolute atomic E-state index is 10.5. The summed E-state index contributed by atoms with van der Waals surface area (Å²) in [5.41, 5.74) is 1.30. The number of aromatic amines is 1. The van der Waals surface area contributed by atoms with Crippen LogP contribution in [0.1, 0.15) is 16.1 Å². The zero-order chi connectivity index (χ0) is 6.43. The van der Waals surface area contributed by atoms with Gasteiger partial charge in [0.2, 0.25) is 5.88 Å². The minimum absolute atomic E-state index is 0.281. The molecule has 1 aliphatic heterocycles. The molecule has 1 aromatic heterocycles. The van der Waals surface area contributed by atoms with Crippen molar-refractivity contribution in [1.29, 1.82) is 0 Å². The summed E-state index contributed by atoms with van der Waals surface area (Å²) in [6.45, 7) is 1.76. The molecule has 0 atom stereocenters. The number of hydrogen-bond acceptors (Lipinski definition) is 3. The van der Waals surface area contributed by atoms with Gasteiger partial charge in [-0.3, -0.25) is 0 Å². The van der Waals surface area contributed by atoms with Crippen LogP contribution in [0.5, 0.6) is 5.88 Å². The molecule has 0 spiro atoms. The normalized spacial score (nSPS) is 14.1. The predicted molar refractivity (Wildman–Crippen MR) is 28.3 cm³/mol. The third-order valence-corrected chi connectivity index (χ3v) is 1.31. The van der Waals surface area contributed by atoms with Crippen LogP contribution in [0.25, 0.3) is 0 Å². The van der Waals surface area contributed by atoms with Gasteiger partial charge in [-0.15, -0.1) is 0 Å². The Morgan fingerprint density at radius 1 is 1.67 bits per heavy atom. The highest BCUT2D eigenvalue weighted by Gasteiger charge is 2.31. The Labute approximate surface area is 50.8 Å². The van der Waals surface area contributed by atoms with Gasteiger partial charge in [-0.25, -0.2) is 9.89 Å². The predicted octanol–water partition coefficient (Wildman–Crippen LogP) is 0.251. The maximum atomic E-state index is 10.5. The largest absolute Gasteiger partial charge is 0.403 e. The molecular formula is C5H4N2O2. The number of nitrogens with one attached hydrogen (secondary N) is 1. The van der Waals surface area contributed by atoms with Gasteiger partial charge in [-0.05, 0) is 6.92 Å². The van der Waals surface area contributed by atoms with E-state index in [0.717, 1.165) is 0 Å². The van der Waals surface area contributed by atoms with Crippen LogP contribution in [0.15, 0.2) is 0 Å². The molecule has 9 heavy (non-hydrogen) atoms. The molecule has 0 aliphatic carbocycles. The number of fused-ring (bicyclic) bond motifs is 1. The van der Waals surface area contributed by atoms with E-state index in [1.165, 1.54) is 0 Å². The Morgan fingerprint density at radius 2 is 2.44 bits per heavy atom. The average Bonchev–Trinajstić information content (AvgIpc) is 2.04. The van der Waals surface area contributed by atoms with Gasteiger partial charge in [0.05, 0.1) is 5.69 Å². The summed E-state index contributed by atoms with van der Waals surface area (Å²) in [5, 5.41) is 6.32. The second-order valence-electron chi connectivity index (χ2n) is 1.90. The molecule has 0 unspecified atom stereocenters. The van der Waals surface area contributed by atoms with Crippen LogP contribution in [0.3, 0.4) is 0 Å². The second-order valence-corrected chi connectivity index (χ2v) is 1.90. The van der Waals surface area contributed by atoms with E-state index in [1.807, 2.05) is 0 Å². The highest BCUT2D eigenvalue weighted by Crippen LogP contribution is 2.27. The number of H-pyrrole nitrogens is 1. The van der Waals surface area contributed by atoms with Crippen molar-refractivity contribution in [2.75, 3.05) is 0 Å². The van der Waals surface area contributed by atoms with Crippen molar-refractivity contribution in [3.05, 3.63) is 11.3 Å². The molecule has 4 nitrogen and oxygen atoms in total. The first kappa shape index (κ1) is 4.55. The lowest BCUT2D eigenvalue weighted by Crippen LogP contribution is -2.20. The Bertz CT molecular complexity index is 263. The number of ether oxygens (including phenoxy) is 1. The minimum atomic E-state index is -0.281. The van der Waals surface area contributed by atoms with Gasteiger partial charge in [0.25, 0.3) is 0 Å². The molecule has 2 rings (SSSR count). The molecule has 0 saturated carbocycles. The highest BCUT2D eigenvalue weighted by atomic mass is 16.6. The molecule has 1 N–H and O–H groups in total. The van der Waals surface area contributed by atoms with E-state index in [0.29, 0.717) is 17.1 Å². The van der Waals surface area contributed by atoms with Crippen LogP contribution in [0.4, 0.5) is 0 Å². The van der Waals surface area contributed by atoms with Gasteiger partial charge in [-0.1, -0.05) is 0 Å². The smallest absolute Gasteiger partial charge is 0.352 e. The van der Waals surface area contributed by atoms with Crippen molar-refractivity contribution in [3.63, 3.8) is 0 Å². The van der Waals surface area contributed by atoms with Gasteiger partial charge in [-0.2, -0.15) is 5.10 Å². The lowest BCUT2D eigenvalue weighted by atomic mass is 10.2. The number of esters is 1. The molecule has 0 amide bonds. The van der Waals surface area contributed by atoms with Crippen molar-refractivity contribution in [2.45, 2.75) is 6.92 Å². The summed E-state index contributed by atoms with van der Waals surface area (Å²) in [4.78, 5) is 10.5. The minimum Gasteiger partial charge on any atom is -0.403 e. The summed E-state index contributed by atoms with van der Waals surface area (Å²) in [6, 6.07) is 0. The zero-order valence-electron chi connectivity index (χ0n) is 4.76. The summed E-state index contributed by atoms with van der Waals surface area (Å²) < 4.78 is 4.55. The van der Waals surface area contributed by atoms with Gasteiger partial charge in [0.15, 0.2) is 0 Å². The topological polar surface area (TPSA) is 55.0 Å². The molecule has 1 aromatic rings. The van der Waals surface area contributed by atoms with Crippen LogP contribution in [-0.4, -0.2) is 16.2 Å². The van der Waals surface area contributed by atoms with E-state index < -0.39 is 0 Å². The van der Waals surface area contributed by atoms with E-state index in [1.54, 1.807) is 6.92 Å². The van der Waals surface area contributed by atoms with E-state index >= 15 is 0 Å². The Kier molecular flexibility index (Phi) is 0.582. The molecular weight excluding hydrogens is 120 g/mol. The van der Waals surface area contributed by atoms with E-state index in [9.17, 15) is 4.79 Å². The quantitative estimate of drug-likeness (QED) is 0.504. The average molecular weight is 124 g/mol. The zero-order valence-corrected chi connectivity index (χ0v) is 4.76. The van der Waals surface area contributed by atoms with E-state index in [-0.39, 0.29) is 5.97 Å². The number of hydrogen-bond donors (Lipinski definition) is 1. The first-order chi connectivity index (χ1) is 4.29. The fourth-order valence-corrected chi connectivity index (χ4v) is 0.822. The molecule has 46 valence electrons. The van der Waals surface area contributed by atoms with Crippen LogP contribution in [-0.2, 0) is 0 Å². The van der Waals surface area contributed by atoms with Crippen LogP contribution in [0, 0.1) is 6.92 Å². The maximum Gasteiger partial charge on any atom is 0.352 e. The van der Waals surface area contributed by atoms with Crippen molar-refractivity contribution in [1.82, 2.24) is 10.2 Å². The molecule has 0 fully saturated rings. The van der Waals surface area contributed by atoms with Crippen LogP contribution in [0.2, 0.25) is 0 Å². The standard InChI is InChI=1S/C5H4N2O2/c1-2-3-4(7-6-2)9-5(3)8/h1H3,(H,6,7). The van der Waals surface area contributed by atoms with Crippen LogP contribution < -0.4 is 4.74 Å². The lowest BCUT2D eigenvalue weighted by molar-refractivity contribution is 0.0650. The number of aryl methyl sites for hydroxylation is 1. The Hall–Kier alpha value is -1.32. The summed E-state index contributed by atoms with van der Waals surface area (Å²) >= 11 is 0. The van der Waals surface area contributed by atoms with Gasteiger partial charge in [0, 0.05) is 0 Å². The number of carbonyl (C=O) groups excluding carboxylic acids is 1. The Balaban J connectivity index is 2.69. The van der Waals surface area contributed by atoms with Crippen molar-refractivity contribution >= 4 is 5.97 Å². The number of carbonyl (C=O) groups is 1. The number of rotatable bonds is 0. The lowest BCUT2D eigenvalue weighted by Gasteiger charge is -2.10. The van der Waals surface area contributed by atoms with Crippen molar-refractivity contribution in [3.8, 4) is 5.88 Å². The molecule has 0 saturated heterocycles. The fraction of sp³-hybridized carbons (Fsp3) is 0.200. The third kappa shape index (κ3) is 0.378.